The summed E-state index contributed by atoms with van der Waals surface area (Å²) in [6.07, 6.45) is 0.279. The van der Waals surface area contributed by atoms with Crippen LogP contribution in [0, 0.1) is 18.6 Å². The van der Waals surface area contributed by atoms with Gasteiger partial charge in [0.25, 0.3) is 0 Å². The molecule has 1 aliphatic rings. The van der Waals surface area contributed by atoms with Crippen LogP contribution in [0.5, 0.6) is 0 Å². The lowest BCUT2D eigenvalue weighted by molar-refractivity contribution is 0.159. The van der Waals surface area contributed by atoms with E-state index in [0.29, 0.717) is 37.4 Å². The van der Waals surface area contributed by atoms with Gasteiger partial charge in [-0.1, -0.05) is 0 Å². The standard InChI is InChI=1S/C15H14F2N2O2S/c1-9-14(11-3-2-10(16)8-12(11)17)18-13(22-9)4-5-19-6-7-21-15(19)20/h2-3,8H,4-7H2,1H3. The number of benzene rings is 1. The quantitative estimate of drug-likeness (QED) is 0.866. The monoisotopic (exact) mass is 324 g/mol. The first-order valence-electron chi connectivity index (χ1n) is 6.88. The van der Waals surface area contributed by atoms with Crippen LogP contribution >= 0.6 is 11.3 Å². The summed E-state index contributed by atoms with van der Waals surface area (Å²) in [6.45, 7) is 3.38. The van der Waals surface area contributed by atoms with Gasteiger partial charge in [-0.25, -0.2) is 18.6 Å². The van der Waals surface area contributed by atoms with Gasteiger partial charge < -0.3 is 9.64 Å². The van der Waals surface area contributed by atoms with Gasteiger partial charge in [-0.05, 0) is 19.1 Å². The minimum absolute atomic E-state index is 0.294. The van der Waals surface area contributed by atoms with Crippen molar-refractivity contribution >= 4 is 17.4 Å². The zero-order valence-corrected chi connectivity index (χ0v) is 12.8. The first-order valence-corrected chi connectivity index (χ1v) is 7.69. The van der Waals surface area contributed by atoms with Crippen LogP contribution in [-0.4, -0.2) is 35.7 Å². The van der Waals surface area contributed by atoms with Crippen molar-refractivity contribution in [3.8, 4) is 11.3 Å². The summed E-state index contributed by atoms with van der Waals surface area (Å²) in [6, 6.07) is 3.47. The van der Waals surface area contributed by atoms with Crippen LogP contribution in [0.3, 0.4) is 0 Å². The van der Waals surface area contributed by atoms with Crippen LogP contribution in [0.15, 0.2) is 18.2 Å². The van der Waals surface area contributed by atoms with E-state index in [1.807, 2.05) is 6.92 Å². The highest BCUT2D eigenvalue weighted by molar-refractivity contribution is 7.12. The van der Waals surface area contributed by atoms with Crippen molar-refractivity contribution < 1.29 is 18.3 Å². The Morgan fingerprint density at radius 2 is 2.23 bits per heavy atom. The molecule has 0 atom stereocenters. The molecule has 0 N–H and O–H groups in total. The van der Waals surface area contributed by atoms with Crippen LogP contribution in [-0.2, 0) is 11.2 Å². The van der Waals surface area contributed by atoms with E-state index < -0.39 is 11.6 Å². The summed E-state index contributed by atoms with van der Waals surface area (Å²) in [5.74, 6) is -1.23. The molecule has 0 bridgehead atoms. The Morgan fingerprint density at radius 3 is 2.91 bits per heavy atom. The fourth-order valence-electron chi connectivity index (χ4n) is 2.35. The molecule has 1 amide bonds. The number of thiazole rings is 1. The lowest BCUT2D eigenvalue weighted by atomic mass is 10.1. The zero-order chi connectivity index (χ0) is 15.7. The molecule has 1 saturated heterocycles. The first-order chi connectivity index (χ1) is 10.5. The predicted octanol–water partition coefficient (Wildman–Crippen LogP) is 3.39. The molecule has 116 valence electrons. The second-order valence-corrected chi connectivity index (χ2v) is 6.28. The Bertz CT molecular complexity index is 718. The minimum Gasteiger partial charge on any atom is -0.448 e. The molecule has 22 heavy (non-hydrogen) atoms. The highest BCUT2D eigenvalue weighted by Crippen LogP contribution is 2.30. The summed E-state index contributed by atoms with van der Waals surface area (Å²) < 4.78 is 31.7. The highest BCUT2D eigenvalue weighted by Gasteiger charge is 2.22. The van der Waals surface area contributed by atoms with Gasteiger partial charge in [0.05, 0.1) is 17.2 Å². The molecule has 0 unspecified atom stereocenters. The van der Waals surface area contributed by atoms with E-state index in [0.717, 1.165) is 16.0 Å². The Kier molecular flexibility index (Phi) is 4.06. The Balaban J connectivity index is 1.77. The normalized spacial score (nSPS) is 14.5. The largest absolute Gasteiger partial charge is 0.448 e. The third-order valence-electron chi connectivity index (χ3n) is 3.47. The molecule has 1 aromatic carbocycles. The van der Waals surface area contributed by atoms with Gasteiger partial charge in [0.15, 0.2) is 0 Å². The van der Waals surface area contributed by atoms with Crippen LogP contribution < -0.4 is 0 Å². The molecule has 1 aliphatic heterocycles. The van der Waals surface area contributed by atoms with E-state index in [-0.39, 0.29) is 6.09 Å². The number of hydrogen-bond donors (Lipinski definition) is 0. The molecule has 7 heteroatoms. The van der Waals surface area contributed by atoms with Gasteiger partial charge in [-0.2, -0.15) is 0 Å². The Labute approximate surface area is 130 Å². The van der Waals surface area contributed by atoms with E-state index in [1.54, 1.807) is 4.90 Å². The van der Waals surface area contributed by atoms with E-state index in [1.165, 1.54) is 23.5 Å². The lowest BCUT2D eigenvalue weighted by Crippen LogP contribution is -2.26. The van der Waals surface area contributed by atoms with Crippen LogP contribution in [0.2, 0.25) is 0 Å². The van der Waals surface area contributed by atoms with Crippen LogP contribution in [0.25, 0.3) is 11.3 Å². The Morgan fingerprint density at radius 1 is 1.41 bits per heavy atom. The lowest BCUT2D eigenvalue weighted by Gasteiger charge is -2.10. The molecular weight excluding hydrogens is 310 g/mol. The number of carbonyl (C=O) groups is 1. The number of amides is 1. The molecule has 4 nitrogen and oxygen atoms in total. The second kappa shape index (κ2) is 6.00. The Hall–Kier alpha value is -2.02. The maximum atomic E-state index is 13.9. The first kappa shape index (κ1) is 14.9. The number of cyclic esters (lactones) is 1. The molecule has 0 aliphatic carbocycles. The molecule has 1 fully saturated rings. The molecule has 0 radical (unpaired) electrons. The summed E-state index contributed by atoms with van der Waals surface area (Å²) in [4.78, 5) is 18.3. The average molecular weight is 324 g/mol. The van der Waals surface area contributed by atoms with Gasteiger partial charge in [0.2, 0.25) is 0 Å². The molecule has 0 spiro atoms. The van der Waals surface area contributed by atoms with E-state index in [9.17, 15) is 13.6 Å². The summed E-state index contributed by atoms with van der Waals surface area (Å²) in [5.41, 5.74) is 0.823. The van der Waals surface area contributed by atoms with Crippen molar-refractivity contribution in [3.05, 3.63) is 39.7 Å². The molecular formula is C15H14F2N2O2S. The number of ether oxygens (including phenoxy) is 1. The SMILES string of the molecule is Cc1sc(CCN2CCOC2=O)nc1-c1ccc(F)cc1F. The van der Waals surface area contributed by atoms with E-state index in [4.69, 9.17) is 4.74 Å². The second-order valence-electron chi connectivity index (χ2n) is 4.99. The predicted molar refractivity (Wildman–Crippen MR) is 78.8 cm³/mol. The summed E-state index contributed by atoms with van der Waals surface area (Å²) in [5, 5.41) is 0.816. The maximum absolute atomic E-state index is 13.9. The highest BCUT2D eigenvalue weighted by atomic mass is 32.1. The number of rotatable bonds is 4. The van der Waals surface area contributed by atoms with Gasteiger partial charge in [0.1, 0.15) is 18.2 Å². The van der Waals surface area contributed by atoms with E-state index in [2.05, 4.69) is 4.98 Å². The number of hydrogen-bond acceptors (Lipinski definition) is 4. The topological polar surface area (TPSA) is 42.4 Å². The molecule has 3 rings (SSSR count). The van der Waals surface area contributed by atoms with Gasteiger partial charge in [-0.3, -0.25) is 0 Å². The minimum atomic E-state index is -0.622. The van der Waals surface area contributed by atoms with Crippen LogP contribution in [0.1, 0.15) is 9.88 Å². The molecule has 2 aromatic rings. The smallest absolute Gasteiger partial charge is 0.409 e. The van der Waals surface area contributed by atoms with Crippen molar-refractivity contribution in [1.82, 2.24) is 9.88 Å². The average Bonchev–Trinajstić information content (AvgIpc) is 3.03. The van der Waals surface area contributed by atoms with Crippen LogP contribution in [0.4, 0.5) is 13.6 Å². The number of halogens is 2. The number of nitrogens with zero attached hydrogens (tertiary/aromatic N) is 2. The van der Waals surface area contributed by atoms with Crippen molar-refractivity contribution in [2.24, 2.45) is 0 Å². The van der Waals surface area contributed by atoms with Crippen molar-refractivity contribution in [1.29, 1.82) is 0 Å². The van der Waals surface area contributed by atoms with Gasteiger partial charge in [0, 0.05) is 29.5 Å². The van der Waals surface area contributed by atoms with Crippen molar-refractivity contribution in [3.63, 3.8) is 0 Å². The number of aromatic nitrogens is 1. The summed E-state index contributed by atoms with van der Waals surface area (Å²) in [7, 11) is 0. The molecule has 2 heterocycles. The number of aryl methyl sites for hydroxylation is 1. The third kappa shape index (κ3) is 2.94. The van der Waals surface area contributed by atoms with Gasteiger partial charge >= 0.3 is 6.09 Å². The van der Waals surface area contributed by atoms with Gasteiger partial charge in [-0.15, -0.1) is 11.3 Å². The fourth-order valence-corrected chi connectivity index (χ4v) is 3.29. The third-order valence-corrected chi connectivity index (χ3v) is 4.50. The van der Waals surface area contributed by atoms with Crippen molar-refractivity contribution in [2.45, 2.75) is 13.3 Å². The zero-order valence-electron chi connectivity index (χ0n) is 11.9. The molecule has 0 saturated carbocycles. The van der Waals surface area contributed by atoms with E-state index >= 15 is 0 Å². The molecule has 1 aromatic heterocycles. The maximum Gasteiger partial charge on any atom is 0.409 e. The summed E-state index contributed by atoms with van der Waals surface area (Å²) >= 11 is 1.46. The number of carbonyl (C=O) groups excluding carboxylic acids is 1. The van der Waals surface area contributed by atoms with Crippen molar-refractivity contribution in [2.75, 3.05) is 19.7 Å². The fraction of sp³-hybridized carbons (Fsp3) is 0.333.